The first-order valence-electron chi connectivity index (χ1n) is 4.83. The molecule has 2 N–H and O–H groups in total. The van der Waals surface area contributed by atoms with Crippen LogP contribution in [-0.2, 0) is 14.3 Å². The van der Waals surface area contributed by atoms with E-state index in [-0.39, 0.29) is 18.8 Å². The Kier molecular flexibility index (Phi) is 11.2. The predicted molar refractivity (Wildman–Crippen MR) is 64.0 cm³/mol. The summed E-state index contributed by atoms with van der Waals surface area (Å²) in [5, 5.41) is 15.2. The maximum absolute atomic E-state index is 11.0. The van der Waals surface area contributed by atoms with Gasteiger partial charge in [0, 0.05) is 11.1 Å². The lowest BCUT2D eigenvalue weighted by atomic mass is 10.3. The van der Waals surface area contributed by atoms with Crippen LogP contribution in [0.15, 0.2) is 36.5 Å². The molecule has 0 amide bonds. The normalized spacial score (nSPS) is 9.76. The fourth-order valence-corrected chi connectivity index (χ4v) is 0.497. The Morgan fingerprint density at radius 1 is 1.18 bits per heavy atom. The molecule has 0 saturated heterocycles. The van der Waals surface area contributed by atoms with Crippen LogP contribution in [0.3, 0.4) is 0 Å². The van der Waals surface area contributed by atoms with Crippen LogP contribution >= 0.6 is 0 Å². The van der Waals surface area contributed by atoms with Crippen molar-refractivity contribution in [3.63, 3.8) is 0 Å². The number of carbonyl (C=O) groups is 2. The molecule has 0 aromatic heterocycles. The van der Waals surface area contributed by atoms with Crippen LogP contribution in [-0.4, -0.2) is 35.4 Å². The Hall–Kier alpha value is -1.72. The Labute approximate surface area is 101 Å². The molecule has 0 atom stereocenters. The van der Waals surface area contributed by atoms with E-state index in [1.54, 1.807) is 0 Å². The average molecular weight is 242 g/mol. The summed E-state index contributed by atoms with van der Waals surface area (Å²) in [6.07, 6.45) is 2.91. The number of aliphatic hydroxyl groups is 2. The fraction of sp³-hybridized carbons (Fsp3) is 0.333. The van der Waals surface area contributed by atoms with Crippen LogP contribution in [0.25, 0.3) is 0 Å². The van der Waals surface area contributed by atoms with E-state index in [4.69, 9.17) is 10.2 Å². The van der Waals surface area contributed by atoms with Gasteiger partial charge in [-0.3, -0.25) is 0 Å². The van der Waals surface area contributed by atoms with E-state index < -0.39 is 11.9 Å². The summed E-state index contributed by atoms with van der Waals surface area (Å²) < 4.78 is 4.43. The Morgan fingerprint density at radius 2 is 1.65 bits per heavy atom. The zero-order valence-corrected chi connectivity index (χ0v) is 10.1. The molecule has 0 saturated carbocycles. The Morgan fingerprint density at radius 3 is 1.94 bits per heavy atom. The van der Waals surface area contributed by atoms with Crippen molar-refractivity contribution in [1.29, 1.82) is 0 Å². The van der Waals surface area contributed by atoms with Gasteiger partial charge in [-0.2, -0.15) is 0 Å². The lowest BCUT2D eigenvalue weighted by Crippen LogP contribution is -2.13. The highest BCUT2D eigenvalue weighted by Gasteiger charge is 2.11. The highest BCUT2D eigenvalue weighted by molar-refractivity contribution is 6.01. The molecule has 0 aliphatic carbocycles. The standard InChI is InChI=1S/C10H12O3.C2H6O2/c1-5-6-8(4)10(12)13-9(11)7(2)3;3-1-2-4/h5-6H,1-2H2,3-4H3;3-4H,1-2H2. The van der Waals surface area contributed by atoms with Crippen LogP contribution < -0.4 is 0 Å². The van der Waals surface area contributed by atoms with Crippen molar-refractivity contribution in [2.75, 3.05) is 13.2 Å². The molecule has 0 aromatic carbocycles. The number of rotatable bonds is 4. The summed E-state index contributed by atoms with van der Waals surface area (Å²) in [6.45, 7) is 9.52. The summed E-state index contributed by atoms with van der Waals surface area (Å²) in [5.74, 6) is -1.38. The molecule has 0 heterocycles. The van der Waals surface area contributed by atoms with Gasteiger partial charge in [0.25, 0.3) is 0 Å². The van der Waals surface area contributed by atoms with Gasteiger partial charge in [0.05, 0.1) is 13.2 Å². The van der Waals surface area contributed by atoms with Gasteiger partial charge in [-0.25, -0.2) is 9.59 Å². The van der Waals surface area contributed by atoms with Crippen LogP contribution in [0.5, 0.6) is 0 Å². The summed E-state index contributed by atoms with van der Waals surface area (Å²) in [4.78, 5) is 21.9. The smallest absolute Gasteiger partial charge is 0.341 e. The molecule has 0 aliphatic heterocycles. The van der Waals surface area contributed by atoms with Crippen LogP contribution in [0.1, 0.15) is 13.8 Å². The third-order valence-electron chi connectivity index (χ3n) is 1.32. The first-order chi connectivity index (χ1) is 7.90. The minimum Gasteiger partial charge on any atom is -0.394 e. The average Bonchev–Trinajstić information content (AvgIpc) is 2.29. The zero-order valence-electron chi connectivity index (χ0n) is 10.1. The summed E-state index contributed by atoms with van der Waals surface area (Å²) >= 11 is 0. The number of hydrogen-bond donors (Lipinski definition) is 2. The van der Waals surface area contributed by atoms with Crippen molar-refractivity contribution >= 4 is 11.9 Å². The second-order valence-electron chi connectivity index (χ2n) is 2.99. The molecule has 5 nitrogen and oxygen atoms in total. The molecule has 5 heteroatoms. The van der Waals surface area contributed by atoms with E-state index in [0.717, 1.165) is 0 Å². The quantitative estimate of drug-likeness (QED) is 0.329. The summed E-state index contributed by atoms with van der Waals surface area (Å²) in [7, 11) is 0. The molecule has 0 rings (SSSR count). The van der Waals surface area contributed by atoms with E-state index in [0.29, 0.717) is 5.57 Å². The van der Waals surface area contributed by atoms with E-state index >= 15 is 0 Å². The van der Waals surface area contributed by atoms with E-state index in [2.05, 4.69) is 17.9 Å². The van der Waals surface area contributed by atoms with E-state index in [9.17, 15) is 9.59 Å². The molecule has 0 aromatic rings. The van der Waals surface area contributed by atoms with Crippen molar-refractivity contribution in [3.05, 3.63) is 36.5 Å². The van der Waals surface area contributed by atoms with Gasteiger partial charge < -0.3 is 14.9 Å². The van der Waals surface area contributed by atoms with Crippen molar-refractivity contribution in [2.24, 2.45) is 0 Å². The molecule has 17 heavy (non-hydrogen) atoms. The maximum Gasteiger partial charge on any atom is 0.341 e. The second-order valence-corrected chi connectivity index (χ2v) is 2.99. The number of hydrogen-bond acceptors (Lipinski definition) is 5. The molecule has 0 aliphatic rings. The van der Waals surface area contributed by atoms with Crippen LogP contribution in [0, 0.1) is 0 Å². The second kappa shape index (κ2) is 10.8. The SMILES string of the molecule is C=CC=C(C)C(=O)OC(=O)C(=C)C.OCCO. The number of ether oxygens (including phenoxy) is 1. The van der Waals surface area contributed by atoms with Crippen LogP contribution in [0.2, 0.25) is 0 Å². The first kappa shape index (κ1) is 17.7. The fourth-order valence-electron chi connectivity index (χ4n) is 0.497. The van der Waals surface area contributed by atoms with Gasteiger partial charge in [0.2, 0.25) is 0 Å². The number of aliphatic hydroxyl groups excluding tert-OH is 2. The third-order valence-corrected chi connectivity index (χ3v) is 1.32. The minimum absolute atomic E-state index is 0.125. The molecule has 0 unspecified atom stereocenters. The molecular formula is C12H18O5. The van der Waals surface area contributed by atoms with Crippen LogP contribution in [0.4, 0.5) is 0 Å². The summed E-state index contributed by atoms with van der Waals surface area (Å²) in [5.41, 5.74) is 0.518. The number of carbonyl (C=O) groups excluding carboxylic acids is 2. The Balaban J connectivity index is 0. The van der Waals surface area contributed by atoms with Gasteiger partial charge in [0.15, 0.2) is 0 Å². The zero-order chi connectivity index (χ0) is 13.8. The first-order valence-corrected chi connectivity index (χ1v) is 4.83. The largest absolute Gasteiger partial charge is 0.394 e. The van der Waals surface area contributed by atoms with Gasteiger partial charge >= 0.3 is 11.9 Å². The lowest BCUT2D eigenvalue weighted by molar-refractivity contribution is -0.153. The molecule has 0 spiro atoms. The van der Waals surface area contributed by atoms with E-state index in [1.807, 2.05) is 0 Å². The lowest BCUT2D eigenvalue weighted by Gasteiger charge is -2.00. The predicted octanol–water partition coefficient (Wildman–Crippen LogP) is 0.736. The highest BCUT2D eigenvalue weighted by Crippen LogP contribution is 2.00. The van der Waals surface area contributed by atoms with Crippen molar-refractivity contribution in [1.82, 2.24) is 0 Å². The van der Waals surface area contributed by atoms with Gasteiger partial charge in [0.1, 0.15) is 0 Å². The third kappa shape index (κ3) is 10.6. The molecule has 0 radical (unpaired) electrons. The van der Waals surface area contributed by atoms with E-state index in [1.165, 1.54) is 26.0 Å². The van der Waals surface area contributed by atoms with Crippen molar-refractivity contribution in [2.45, 2.75) is 13.8 Å². The maximum atomic E-state index is 11.0. The topological polar surface area (TPSA) is 83.8 Å². The minimum atomic E-state index is -0.707. The van der Waals surface area contributed by atoms with Crippen molar-refractivity contribution in [3.8, 4) is 0 Å². The highest BCUT2D eigenvalue weighted by atomic mass is 16.6. The molecule has 0 fully saturated rings. The number of esters is 2. The van der Waals surface area contributed by atoms with Gasteiger partial charge in [-0.1, -0.05) is 25.3 Å². The van der Waals surface area contributed by atoms with Crippen molar-refractivity contribution < 1.29 is 24.5 Å². The molecule has 0 bridgehead atoms. The van der Waals surface area contributed by atoms with Gasteiger partial charge in [-0.05, 0) is 13.8 Å². The number of allylic oxidation sites excluding steroid dienone is 2. The molecule has 96 valence electrons. The monoisotopic (exact) mass is 242 g/mol. The molecular weight excluding hydrogens is 224 g/mol. The summed E-state index contributed by atoms with van der Waals surface area (Å²) in [6, 6.07) is 0. The van der Waals surface area contributed by atoms with Gasteiger partial charge in [-0.15, -0.1) is 0 Å². The Bertz CT molecular complexity index is 313.